The molecule has 3 rings (SSSR count). The van der Waals surface area contributed by atoms with Crippen LogP contribution in [0, 0.1) is 0 Å². The van der Waals surface area contributed by atoms with Gasteiger partial charge in [0, 0.05) is 23.7 Å². The topological polar surface area (TPSA) is 24.5 Å². The Kier molecular flexibility index (Phi) is 5.17. The number of benzene rings is 1. The summed E-state index contributed by atoms with van der Waals surface area (Å²) in [7, 11) is 0. The van der Waals surface area contributed by atoms with Crippen LogP contribution in [0.15, 0.2) is 24.3 Å². The number of nitrogens with zero attached hydrogens (tertiary/aromatic N) is 1. The summed E-state index contributed by atoms with van der Waals surface area (Å²) in [4.78, 5) is 2.70. The van der Waals surface area contributed by atoms with E-state index in [1.54, 1.807) is 0 Å². The Morgan fingerprint density at radius 3 is 2.67 bits per heavy atom. The summed E-state index contributed by atoms with van der Waals surface area (Å²) in [5.41, 5.74) is 1.35. The highest BCUT2D eigenvalue weighted by Gasteiger charge is 2.32. The Balaban J connectivity index is 1.69. The van der Waals surface area contributed by atoms with Crippen molar-refractivity contribution in [3.63, 3.8) is 0 Å². The first-order valence-corrected chi connectivity index (χ1v) is 8.42. The standard InChI is InChI=1S/C17H25ClN2O/c1-13-11-20(16-6-8-19-9-7-16)17(12-21-13)10-14-2-4-15(18)5-3-14/h2-5,13,16-17,19H,6-12H2,1H3/t13-,17+/m1/s1. The molecule has 0 radical (unpaired) electrons. The summed E-state index contributed by atoms with van der Waals surface area (Å²) < 4.78 is 5.92. The van der Waals surface area contributed by atoms with Crippen LogP contribution >= 0.6 is 11.6 Å². The van der Waals surface area contributed by atoms with Crippen LogP contribution in [0.5, 0.6) is 0 Å². The fourth-order valence-corrected chi connectivity index (χ4v) is 3.65. The summed E-state index contributed by atoms with van der Waals surface area (Å²) in [6.45, 7) is 6.37. The van der Waals surface area contributed by atoms with E-state index < -0.39 is 0 Å². The van der Waals surface area contributed by atoms with Gasteiger partial charge in [0.2, 0.25) is 0 Å². The van der Waals surface area contributed by atoms with Gasteiger partial charge in [-0.15, -0.1) is 0 Å². The lowest BCUT2D eigenvalue weighted by molar-refractivity contribution is -0.0752. The van der Waals surface area contributed by atoms with Crippen molar-refractivity contribution in [2.45, 2.75) is 44.4 Å². The third kappa shape index (κ3) is 3.98. The zero-order chi connectivity index (χ0) is 14.7. The zero-order valence-electron chi connectivity index (χ0n) is 12.7. The van der Waals surface area contributed by atoms with Gasteiger partial charge in [-0.05, 0) is 57.0 Å². The van der Waals surface area contributed by atoms with E-state index >= 15 is 0 Å². The Morgan fingerprint density at radius 1 is 1.24 bits per heavy atom. The first-order chi connectivity index (χ1) is 10.2. The fraction of sp³-hybridized carbons (Fsp3) is 0.647. The summed E-state index contributed by atoms with van der Waals surface area (Å²) in [5, 5.41) is 4.27. The van der Waals surface area contributed by atoms with Crippen LogP contribution < -0.4 is 5.32 Å². The number of piperidine rings is 1. The SMILES string of the molecule is C[C@@H]1CN(C2CCNCC2)[C@@H](Cc2ccc(Cl)cc2)CO1. The molecule has 0 aliphatic carbocycles. The van der Waals surface area contributed by atoms with Crippen molar-refractivity contribution in [3.8, 4) is 0 Å². The quantitative estimate of drug-likeness (QED) is 0.929. The van der Waals surface area contributed by atoms with Crippen molar-refractivity contribution in [3.05, 3.63) is 34.9 Å². The smallest absolute Gasteiger partial charge is 0.0674 e. The number of halogens is 1. The molecule has 0 saturated carbocycles. The molecular weight excluding hydrogens is 284 g/mol. The minimum atomic E-state index is 0.348. The van der Waals surface area contributed by atoms with Crippen molar-refractivity contribution < 1.29 is 4.74 Å². The van der Waals surface area contributed by atoms with Crippen LogP contribution in [-0.2, 0) is 11.2 Å². The van der Waals surface area contributed by atoms with Crippen LogP contribution in [0.2, 0.25) is 5.02 Å². The Hall–Kier alpha value is -0.610. The maximum Gasteiger partial charge on any atom is 0.0674 e. The maximum absolute atomic E-state index is 5.98. The highest BCUT2D eigenvalue weighted by atomic mass is 35.5. The molecule has 2 aliphatic rings. The third-order valence-electron chi connectivity index (χ3n) is 4.67. The molecule has 21 heavy (non-hydrogen) atoms. The van der Waals surface area contributed by atoms with Gasteiger partial charge in [-0.25, -0.2) is 0 Å². The molecule has 2 heterocycles. The molecule has 116 valence electrons. The van der Waals surface area contributed by atoms with E-state index in [4.69, 9.17) is 16.3 Å². The van der Waals surface area contributed by atoms with Gasteiger partial charge in [0.25, 0.3) is 0 Å². The Morgan fingerprint density at radius 2 is 1.95 bits per heavy atom. The van der Waals surface area contributed by atoms with Crippen molar-refractivity contribution >= 4 is 11.6 Å². The number of rotatable bonds is 3. The number of nitrogens with one attached hydrogen (secondary N) is 1. The third-order valence-corrected chi connectivity index (χ3v) is 4.92. The summed E-state index contributed by atoms with van der Waals surface area (Å²) >= 11 is 5.98. The van der Waals surface area contributed by atoms with Crippen LogP contribution in [-0.4, -0.2) is 49.3 Å². The first-order valence-electron chi connectivity index (χ1n) is 8.05. The summed E-state index contributed by atoms with van der Waals surface area (Å²) in [6, 6.07) is 9.44. The van der Waals surface area contributed by atoms with E-state index in [-0.39, 0.29) is 0 Å². The molecule has 3 nitrogen and oxygen atoms in total. The fourth-order valence-electron chi connectivity index (χ4n) is 3.52. The van der Waals surface area contributed by atoms with Gasteiger partial charge >= 0.3 is 0 Å². The van der Waals surface area contributed by atoms with Crippen LogP contribution in [0.3, 0.4) is 0 Å². The van der Waals surface area contributed by atoms with Crippen molar-refractivity contribution in [2.75, 3.05) is 26.2 Å². The van der Waals surface area contributed by atoms with Gasteiger partial charge in [-0.3, -0.25) is 4.90 Å². The van der Waals surface area contributed by atoms with Gasteiger partial charge in [0.1, 0.15) is 0 Å². The molecule has 2 aliphatic heterocycles. The van der Waals surface area contributed by atoms with Gasteiger partial charge in [0.05, 0.1) is 12.7 Å². The van der Waals surface area contributed by atoms with E-state index in [9.17, 15) is 0 Å². The molecule has 2 saturated heterocycles. The highest BCUT2D eigenvalue weighted by molar-refractivity contribution is 6.30. The molecule has 1 aromatic rings. The summed E-state index contributed by atoms with van der Waals surface area (Å²) in [5.74, 6) is 0. The molecule has 0 spiro atoms. The average Bonchev–Trinajstić information content (AvgIpc) is 2.52. The van der Waals surface area contributed by atoms with E-state index in [0.29, 0.717) is 18.2 Å². The van der Waals surface area contributed by atoms with E-state index in [0.717, 1.165) is 37.7 Å². The molecule has 1 aromatic carbocycles. The van der Waals surface area contributed by atoms with E-state index in [2.05, 4.69) is 29.3 Å². The molecule has 0 unspecified atom stereocenters. The van der Waals surface area contributed by atoms with Gasteiger partial charge in [0.15, 0.2) is 0 Å². The Bertz CT molecular complexity index is 445. The molecule has 0 bridgehead atoms. The molecule has 0 aromatic heterocycles. The second kappa shape index (κ2) is 7.10. The Labute approximate surface area is 132 Å². The van der Waals surface area contributed by atoms with Gasteiger partial charge in [-0.1, -0.05) is 23.7 Å². The molecule has 4 heteroatoms. The molecular formula is C17H25ClN2O. The number of hydrogen-bond donors (Lipinski definition) is 1. The molecule has 0 amide bonds. The highest BCUT2D eigenvalue weighted by Crippen LogP contribution is 2.23. The monoisotopic (exact) mass is 308 g/mol. The van der Waals surface area contributed by atoms with E-state index in [1.807, 2.05) is 12.1 Å². The van der Waals surface area contributed by atoms with Gasteiger partial charge < -0.3 is 10.1 Å². The van der Waals surface area contributed by atoms with Gasteiger partial charge in [-0.2, -0.15) is 0 Å². The number of morpholine rings is 1. The van der Waals surface area contributed by atoms with Crippen molar-refractivity contribution in [1.82, 2.24) is 10.2 Å². The van der Waals surface area contributed by atoms with Crippen LogP contribution in [0.4, 0.5) is 0 Å². The van der Waals surface area contributed by atoms with E-state index in [1.165, 1.54) is 18.4 Å². The largest absolute Gasteiger partial charge is 0.376 e. The molecule has 2 fully saturated rings. The minimum Gasteiger partial charge on any atom is -0.376 e. The zero-order valence-corrected chi connectivity index (χ0v) is 13.5. The normalized spacial score (nSPS) is 28.7. The van der Waals surface area contributed by atoms with Crippen molar-refractivity contribution in [2.24, 2.45) is 0 Å². The lowest BCUT2D eigenvalue weighted by atomic mass is 9.97. The lowest BCUT2D eigenvalue weighted by Crippen LogP contribution is -2.56. The molecule has 2 atom stereocenters. The first kappa shape index (κ1) is 15.3. The van der Waals surface area contributed by atoms with Crippen LogP contribution in [0.1, 0.15) is 25.3 Å². The second-order valence-electron chi connectivity index (χ2n) is 6.31. The summed E-state index contributed by atoms with van der Waals surface area (Å²) in [6.07, 6.45) is 3.91. The average molecular weight is 309 g/mol. The van der Waals surface area contributed by atoms with Crippen molar-refractivity contribution in [1.29, 1.82) is 0 Å². The predicted molar refractivity (Wildman–Crippen MR) is 87.0 cm³/mol. The number of ether oxygens (including phenoxy) is 1. The maximum atomic E-state index is 5.98. The minimum absolute atomic E-state index is 0.348. The number of hydrogen-bond acceptors (Lipinski definition) is 3. The lowest BCUT2D eigenvalue weighted by Gasteiger charge is -2.45. The van der Waals surface area contributed by atoms with Crippen LogP contribution in [0.25, 0.3) is 0 Å². The molecule has 1 N–H and O–H groups in total. The second-order valence-corrected chi connectivity index (χ2v) is 6.74. The predicted octanol–water partition coefficient (Wildman–Crippen LogP) is 2.72.